The first-order valence-electron chi connectivity index (χ1n) is 7.15. The molecular formula is C16H12Ca3N2O16. The van der Waals surface area contributed by atoms with Crippen LogP contribution >= 0.6 is 0 Å². The summed E-state index contributed by atoms with van der Waals surface area (Å²) in [5.74, 6) is -10.6. The van der Waals surface area contributed by atoms with Gasteiger partial charge < -0.3 is 81.3 Å². The Labute approximate surface area is 294 Å². The van der Waals surface area contributed by atoms with E-state index < -0.39 is 69.7 Å². The summed E-state index contributed by atoms with van der Waals surface area (Å²) in [5.41, 5.74) is -4.48. The first-order chi connectivity index (χ1) is 13.8. The zero-order valence-electron chi connectivity index (χ0n) is 18.2. The third kappa shape index (κ3) is 17.0. The van der Waals surface area contributed by atoms with Crippen molar-refractivity contribution in [1.29, 1.82) is 0 Å². The van der Waals surface area contributed by atoms with Crippen LogP contribution < -0.4 is 30.6 Å². The Kier molecular flexibility index (Phi) is 33.6. The van der Waals surface area contributed by atoms with Gasteiger partial charge >= 0.3 is 113 Å². The molecule has 0 fully saturated rings. The zero-order chi connectivity index (χ0) is 23.2. The number of hydrogen-bond donors (Lipinski definition) is 0. The number of rotatable bonds is 6. The van der Waals surface area contributed by atoms with Gasteiger partial charge in [0.1, 0.15) is 0 Å². The number of carbonyl (C=O) groups is 6. The van der Waals surface area contributed by atoms with E-state index >= 15 is 0 Å². The van der Waals surface area contributed by atoms with Crippen LogP contribution in [-0.2, 0) is 0 Å². The molecule has 0 aliphatic heterocycles. The fourth-order valence-electron chi connectivity index (χ4n) is 1.72. The molecule has 0 aliphatic rings. The first-order valence-corrected chi connectivity index (χ1v) is 7.15. The molecule has 0 aliphatic carbocycles. The van der Waals surface area contributed by atoms with Gasteiger partial charge in [-0.3, -0.25) is 0 Å². The summed E-state index contributed by atoms with van der Waals surface area (Å²) >= 11 is 0. The average molecular weight is 609 g/mol. The molecule has 2 rings (SSSR count). The fraction of sp³-hybridized carbons (Fsp3) is 0. The molecule has 8 N–H and O–H groups in total. The minimum Gasteiger partial charge on any atom is -0.545 e. The largest absolute Gasteiger partial charge is 2.00 e. The van der Waals surface area contributed by atoms with Gasteiger partial charge in [-0.05, 0) is 24.3 Å². The summed E-state index contributed by atoms with van der Waals surface area (Å²) in [6.07, 6.45) is 0. The molecule has 21 heteroatoms. The Balaban J connectivity index is -0.0000000818. The third-order valence-corrected chi connectivity index (χ3v) is 2.96. The van der Waals surface area contributed by atoms with Crippen molar-refractivity contribution >= 4 is 149 Å². The van der Waals surface area contributed by atoms with Crippen LogP contribution in [0.5, 0.6) is 0 Å². The van der Waals surface area contributed by atoms with Gasteiger partial charge in [0.15, 0.2) is 0 Å². The smallest absolute Gasteiger partial charge is 0.545 e. The molecular weight excluding hydrogens is 596 g/mol. The molecule has 2 heterocycles. The maximum absolute atomic E-state index is 10.4. The van der Waals surface area contributed by atoms with E-state index in [4.69, 9.17) is 0 Å². The molecule has 0 radical (unpaired) electrons. The zero-order valence-corrected chi connectivity index (χ0v) is 24.8. The van der Waals surface area contributed by atoms with Crippen LogP contribution in [0.3, 0.4) is 0 Å². The molecule has 0 saturated heterocycles. The van der Waals surface area contributed by atoms with Crippen molar-refractivity contribution in [3.05, 3.63) is 58.2 Å². The van der Waals surface area contributed by atoms with E-state index in [2.05, 4.69) is 9.97 Å². The molecule has 0 atom stereocenters. The summed E-state index contributed by atoms with van der Waals surface area (Å²) < 4.78 is 0. The number of aromatic carboxylic acids is 6. The van der Waals surface area contributed by atoms with Crippen molar-refractivity contribution in [3.63, 3.8) is 0 Å². The normalized spacial score (nSPS) is 7.78. The van der Waals surface area contributed by atoms with Gasteiger partial charge in [-0.25, -0.2) is 9.97 Å². The monoisotopic (exact) mass is 608 g/mol. The quantitative estimate of drug-likeness (QED) is 0.275. The predicted octanol–water partition coefficient (Wildman–Crippen LogP) is -12.1. The SMILES string of the molecule is O.O.O.O.O=C([O-])c1cc(C(=O)[O-])nc(C(=O)[O-])c1.O=C([O-])c1cc(C(=O)[O-])nc(C(=O)[O-])c1.[Ca+2].[Ca+2].[Ca+2]. The molecule has 0 aromatic carbocycles. The van der Waals surface area contributed by atoms with Crippen LogP contribution in [0.1, 0.15) is 62.7 Å². The van der Waals surface area contributed by atoms with Gasteiger partial charge in [0.05, 0.1) is 58.6 Å². The van der Waals surface area contributed by atoms with E-state index in [1.54, 1.807) is 0 Å². The number of nitrogens with zero attached hydrogens (tertiary/aromatic N) is 2. The van der Waals surface area contributed by atoms with Crippen LogP contribution in [0.2, 0.25) is 0 Å². The van der Waals surface area contributed by atoms with Crippen LogP contribution in [-0.4, -0.2) is 181 Å². The summed E-state index contributed by atoms with van der Waals surface area (Å²) in [7, 11) is 0. The van der Waals surface area contributed by atoms with E-state index in [1.807, 2.05) is 0 Å². The van der Waals surface area contributed by atoms with E-state index in [0.29, 0.717) is 24.3 Å². The predicted molar refractivity (Wildman–Crippen MR) is 106 cm³/mol. The summed E-state index contributed by atoms with van der Waals surface area (Å²) in [4.78, 5) is 68.4. The molecule has 188 valence electrons. The second-order valence-corrected chi connectivity index (χ2v) is 4.98. The Bertz CT molecular complexity index is 852. The van der Waals surface area contributed by atoms with Crippen LogP contribution in [0, 0.1) is 0 Å². The summed E-state index contributed by atoms with van der Waals surface area (Å²) in [6.45, 7) is 0. The number of pyridine rings is 2. The molecule has 18 nitrogen and oxygen atoms in total. The van der Waals surface area contributed by atoms with Crippen LogP contribution in [0.15, 0.2) is 24.3 Å². The standard InChI is InChI=1S/2C8H5NO6.3Ca.4H2O/c2*10-6(11)3-1-4(7(12)13)9-5(2-3)8(14)15;;;;;;;/h2*1-2H,(H,10,11)(H,12,13)(H,14,15);;;;4*1H2/q;;3*+2;;;;/p-6. The van der Waals surface area contributed by atoms with Crippen molar-refractivity contribution in [2.24, 2.45) is 0 Å². The molecule has 2 aromatic heterocycles. The number of carbonyl (C=O) groups excluding carboxylic acids is 6. The second-order valence-electron chi connectivity index (χ2n) is 4.98. The van der Waals surface area contributed by atoms with Crippen molar-refractivity contribution in [2.75, 3.05) is 0 Å². The van der Waals surface area contributed by atoms with Crippen molar-refractivity contribution in [3.8, 4) is 0 Å². The maximum Gasteiger partial charge on any atom is 2.00 e. The summed E-state index contributed by atoms with van der Waals surface area (Å²) in [5, 5.41) is 62.2. The molecule has 0 saturated carbocycles. The topological polar surface area (TPSA) is 393 Å². The molecule has 0 spiro atoms. The van der Waals surface area contributed by atoms with Crippen LogP contribution in [0.25, 0.3) is 0 Å². The number of carboxylic acids is 6. The average Bonchev–Trinajstić information content (AvgIpc) is 2.67. The molecule has 37 heavy (non-hydrogen) atoms. The van der Waals surface area contributed by atoms with Gasteiger partial charge in [-0.2, -0.15) is 0 Å². The minimum atomic E-state index is -1.79. The minimum absolute atomic E-state index is 0. The number of carboxylic acid groups (broad SMARTS) is 6. The maximum atomic E-state index is 10.4. The Morgan fingerprint density at radius 3 is 0.676 bits per heavy atom. The number of aromatic nitrogens is 2. The van der Waals surface area contributed by atoms with E-state index in [-0.39, 0.29) is 135 Å². The van der Waals surface area contributed by atoms with Crippen molar-refractivity contribution < 1.29 is 81.3 Å². The van der Waals surface area contributed by atoms with Crippen molar-refractivity contribution in [1.82, 2.24) is 9.97 Å². The van der Waals surface area contributed by atoms with Gasteiger partial charge in [-0.1, -0.05) is 0 Å². The van der Waals surface area contributed by atoms with E-state index in [1.165, 1.54) is 0 Å². The number of hydrogen-bond acceptors (Lipinski definition) is 14. The van der Waals surface area contributed by atoms with Crippen LogP contribution in [0.4, 0.5) is 0 Å². The third-order valence-electron chi connectivity index (χ3n) is 2.96. The van der Waals surface area contributed by atoms with Crippen molar-refractivity contribution in [2.45, 2.75) is 0 Å². The second kappa shape index (κ2) is 23.8. The Hall–Kier alpha value is -1.26. The Morgan fingerprint density at radius 1 is 0.405 bits per heavy atom. The molecule has 0 unspecified atom stereocenters. The summed E-state index contributed by atoms with van der Waals surface area (Å²) in [6, 6.07) is 2.54. The first kappa shape index (κ1) is 52.2. The molecule has 0 amide bonds. The molecule has 0 bridgehead atoms. The van der Waals surface area contributed by atoms with Gasteiger partial charge in [0, 0.05) is 11.1 Å². The van der Waals surface area contributed by atoms with E-state index in [0.717, 1.165) is 0 Å². The van der Waals surface area contributed by atoms with Gasteiger partial charge in [0.2, 0.25) is 0 Å². The van der Waals surface area contributed by atoms with Gasteiger partial charge in [0.25, 0.3) is 0 Å². The molecule has 2 aromatic rings. The fourth-order valence-corrected chi connectivity index (χ4v) is 1.72. The van der Waals surface area contributed by atoms with E-state index in [9.17, 15) is 59.4 Å². The van der Waals surface area contributed by atoms with Gasteiger partial charge in [-0.15, -0.1) is 0 Å². The Morgan fingerprint density at radius 2 is 0.568 bits per heavy atom.